The largest absolute Gasteiger partial charge is 0.497 e. The molecule has 0 heterocycles. The van der Waals surface area contributed by atoms with Crippen molar-refractivity contribution < 1.29 is 17.5 Å². The van der Waals surface area contributed by atoms with E-state index in [0.717, 1.165) is 12.1 Å². The lowest BCUT2D eigenvalue weighted by Gasteiger charge is -2.11. The Kier molecular flexibility index (Phi) is 3.80. The molecule has 0 saturated carbocycles. The number of ether oxygens (including phenoxy) is 1. The number of rotatable bonds is 4. The van der Waals surface area contributed by atoms with Crippen molar-refractivity contribution in [2.75, 3.05) is 17.6 Å². The number of halogens is 1. The molecule has 106 valence electrons. The Morgan fingerprint density at radius 1 is 1.15 bits per heavy atom. The van der Waals surface area contributed by atoms with Crippen molar-refractivity contribution in [2.45, 2.75) is 4.90 Å². The topological polar surface area (TPSA) is 81.4 Å². The van der Waals surface area contributed by atoms with Crippen LogP contribution in [0.3, 0.4) is 0 Å². The molecule has 5 nitrogen and oxygen atoms in total. The summed E-state index contributed by atoms with van der Waals surface area (Å²) in [6.45, 7) is 0. The molecule has 0 aliphatic heterocycles. The molecule has 2 rings (SSSR count). The van der Waals surface area contributed by atoms with E-state index in [2.05, 4.69) is 4.72 Å². The number of methoxy groups -OCH3 is 1. The highest BCUT2D eigenvalue weighted by Gasteiger charge is 2.15. The SMILES string of the molecule is COc1ccc(NS(=O)(=O)c2ccc(F)cc2)c(N)c1. The van der Waals surface area contributed by atoms with Gasteiger partial charge in [-0.15, -0.1) is 0 Å². The van der Waals surface area contributed by atoms with Crippen LogP contribution in [0.5, 0.6) is 5.75 Å². The van der Waals surface area contributed by atoms with Crippen LogP contribution in [-0.2, 0) is 10.0 Å². The van der Waals surface area contributed by atoms with Crippen molar-refractivity contribution in [2.24, 2.45) is 0 Å². The Morgan fingerprint density at radius 2 is 1.80 bits per heavy atom. The first-order valence-electron chi connectivity index (χ1n) is 5.64. The fourth-order valence-corrected chi connectivity index (χ4v) is 2.67. The fourth-order valence-electron chi connectivity index (χ4n) is 1.58. The average molecular weight is 296 g/mol. The van der Waals surface area contributed by atoms with Crippen LogP contribution in [0.2, 0.25) is 0 Å². The van der Waals surface area contributed by atoms with Gasteiger partial charge in [-0.05, 0) is 36.4 Å². The molecule has 0 spiro atoms. The number of benzene rings is 2. The second-order valence-electron chi connectivity index (χ2n) is 4.01. The summed E-state index contributed by atoms with van der Waals surface area (Å²) in [5.74, 6) is 0.0140. The Bertz CT molecular complexity index is 715. The van der Waals surface area contributed by atoms with Crippen molar-refractivity contribution in [1.29, 1.82) is 0 Å². The Labute approximate surface area is 116 Å². The molecular weight excluding hydrogens is 283 g/mol. The summed E-state index contributed by atoms with van der Waals surface area (Å²) in [4.78, 5) is -0.0471. The molecule has 2 aromatic rings. The van der Waals surface area contributed by atoms with Gasteiger partial charge in [0.05, 0.1) is 23.4 Å². The average Bonchev–Trinajstić information content (AvgIpc) is 2.41. The first-order valence-corrected chi connectivity index (χ1v) is 7.12. The lowest BCUT2D eigenvalue weighted by atomic mass is 10.2. The van der Waals surface area contributed by atoms with Gasteiger partial charge in [0.2, 0.25) is 0 Å². The van der Waals surface area contributed by atoms with Crippen molar-refractivity contribution in [1.82, 2.24) is 0 Å². The quantitative estimate of drug-likeness (QED) is 0.848. The highest BCUT2D eigenvalue weighted by atomic mass is 32.2. The third kappa shape index (κ3) is 3.00. The van der Waals surface area contributed by atoms with Gasteiger partial charge in [0, 0.05) is 6.07 Å². The molecule has 2 aromatic carbocycles. The van der Waals surface area contributed by atoms with Gasteiger partial charge in [-0.1, -0.05) is 0 Å². The zero-order valence-electron chi connectivity index (χ0n) is 10.6. The third-order valence-corrected chi connectivity index (χ3v) is 4.01. The van der Waals surface area contributed by atoms with Crippen LogP contribution in [0.25, 0.3) is 0 Å². The van der Waals surface area contributed by atoms with Gasteiger partial charge in [-0.25, -0.2) is 12.8 Å². The maximum absolute atomic E-state index is 12.8. The fraction of sp³-hybridized carbons (Fsp3) is 0.0769. The van der Waals surface area contributed by atoms with E-state index in [1.54, 1.807) is 6.07 Å². The van der Waals surface area contributed by atoms with Crippen LogP contribution in [0.4, 0.5) is 15.8 Å². The van der Waals surface area contributed by atoms with Crippen molar-refractivity contribution in [3.8, 4) is 5.75 Å². The van der Waals surface area contributed by atoms with E-state index in [4.69, 9.17) is 10.5 Å². The minimum atomic E-state index is -3.81. The van der Waals surface area contributed by atoms with E-state index < -0.39 is 15.8 Å². The minimum Gasteiger partial charge on any atom is -0.497 e. The van der Waals surface area contributed by atoms with Gasteiger partial charge in [0.1, 0.15) is 11.6 Å². The van der Waals surface area contributed by atoms with Crippen LogP contribution >= 0.6 is 0 Å². The predicted molar refractivity (Wildman–Crippen MR) is 74.6 cm³/mol. The number of nitrogens with one attached hydrogen (secondary N) is 1. The number of hydrogen-bond acceptors (Lipinski definition) is 4. The van der Waals surface area contributed by atoms with Crippen LogP contribution in [-0.4, -0.2) is 15.5 Å². The van der Waals surface area contributed by atoms with Gasteiger partial charge in [0.25, 0.3) is 10.0 Å². The van der Waals surface area contributed by atoms with Gasteiger partial charge in [-0.3, -0.25) is 4.72 Å². The molecule has 0 aromatic heterocycles. The van der Waals surface area contributed by atoms with Crippen LogP contribution < -0.4 is 15.2 Å². The summed E-state index contributed by atoms with van der Waals surface area (Å²) in [5, 5.41) is 0. The van der Waals surface area contributed by atoms with E-state index in [0.29, 0.717) is 5.75 Å². The summed E-state index contributed by atoms with van der Waals surface area (Å²) >= 11 is 0. The lowest BCUT2D eigenvalue weighted by molar-refractivity contribution is 0.415. The van der Waals surface area contributed by atoms with E-state index >= 15 is 0 Å². The minimum absolute atomic E-state index is 0.0471. The van der Waals surface area contributed by atoms with E-state index in [9.17, 15) is 12.8 Å². The van der Waals surface area contributed by atoms with Crippen molar-refractivity contribution in [3.05, 3.63) is 48.3 Å². The molecule has 0 atom stereocenters. The number of sulfonamides is 1. The van der Waals surface area contributed by atoms with E-state index in [1.807, 2.05) is 0 Å². The molecule has 0 unspecified atom stereocenters. The molecule has 0 radical (unpaired) electrons. The highest BCUT2D eigenvalue weighted by Crippen LogP contribution is 2.26. The second kappa shape index (κ2) is 5.38. The Morgan fingerprint density at radius 3 is 2.35 bits per heavy atom. The van der Waals surface area contributed by atoms with Crippen LogP contribution in [0, 0.1) is 5.82 Å². The van der Waals surface area contributed by atoms with Crippen molar-refractivity contribution >= 4 is 21.4 Å². The number of hydrogen-bond donors (Lipinski definition) is 2. The predicted octanol–water partition coefficient (Wildman–Crippen LogP) is 2.22. The summed E-state index contributed by atoms with van der Waals surface area (Å²) < 4.78 is 44.3. The van der Waals surface area contributed by atoms with Gasteiger partial charge >= 0.3 is 0 Å². The van der Waals surface area contributed by atoms with Crippen LogP contribution in [0.15, 0.2) is 47.4 Å². The molecule has 20 heavy (non-hydrogen) atoms. The van der Waals surface area contributed by atoms with Crippen LogP contribution in [0.1, 0.15) is 0 Å². The van der Waals surface area contributed by atoms with Gasteiger partial charge in [0.15, 0.2) is 0 Å². The Hall–Kier alpha value is -2.28. The summed E-state index contributed by atoms with van der Waals surface area (Å²) in [6.07, 6.45) is 0. The molecule has 0 amide bonds. The first kappa shape index (κ1) is 14.1. The van der Waals surface area contributed by atoms with Crippen molar-refractivity contribution in [3.63, 3.8) is 0 Å². The number of nitrogens with two attached hydrogens (primary N) is 1. The second-order valence-corrected chi connectivity index (χ2v) is 5.70. The van der Waals surface area contributed by atoms with Gasteiger partial charge in [-0.2, -0.15) is 0 Å². The molecule has 3 N–H and O–H groups in total. The van der Waals surface area contributed by atoms with E-state index in [-0.39, 0.29) is 16.3 Å². The summed E-state index contributed by atoms with van der Waals surface area (Å²) in [5.41, 5.74) is 6.20. The monoisotopic (exact) mass is 296 g/mol. The van der Waals surface area contributed by atoms with Gasteiger partial charge < -0.3 is 10.5 Å². The standard InChI is InChI=1S/C13H13FN2O3S/c1-19-10-4-7-13(12(15)8-10)16-20(17,18)11-5-2-9(14)3-6-11/h2-8,16H,15H2,1H3. The molecule has 0 bridgehead atoms. The number of anilines is 2. The normalized spacial score (nSPS) is 11.1. The van der Waals surface area contributed by atoms with E-state index in [1.165, 1.54) is 31.4 Å². The highest BCUT2D eigenvalue weighted by molar-refractivity contribution is 7.92. The number of nitrogen functional groups attached to an aromatic ring is 1. The molecular formula is C13H13FN2O3S. The lowest BCUT2D eigenvalue weighted by Crippen LogP contribution is -2.14. The zero-order chi connectivity index (χ0) is 14.8. The summed E-state index contributed by atoms with van der Waals surface area (Å²) in [7, 11) is -2.33. The molecule has 0 fully saturated rings. The smallest absolute Gasteiger partial charge is 0.261 e. The third-order valence-electron chi connectivity index (χ3n) is 2.63. The molecule has 0 saturated heterocycles. The summed E-state index contributed by atoms with van der Waals surface area (Å²) in [6, 6.07) is 9.09. The molecule has 0 aliphatic carbocycles. The maximum atomic E-state index is 12.8. The molecule has 0 aliphatic rings. The maximum Gasteiger partial charge on any atom is 0.261 e. The Balaban J connectivity index is 2.31. The first-order chi connectivity index (χ1) is 9.42. The molecule has 7 heteroatoms. The zero-order valence-corrected chi connectivity index (χ0v) is 11.4.